The number of unbranched alkanes of at least 4 members (excludes halogenated alkanes) is 2. The molecule has 2 rings (SSSR count). The van der Waals surface area contributed by atoms with Gasteiger partial charge in [0.2, 0.25) is 0 Å². The van der Waals surface area contributed by atoms with Gasteiger partial charge < -0.3 is 5.32 Å². The number of carbonyl (C=O) groups is 1. The topological polar surface area (TPSA) is 29.1 Å². The van der Waals surface area contributed by atoms with Crippen molar-refractivity contribution < 1.29 is 4.79 Å². The van der Waals surface area contributed by atoms with E-state index in [0.29, 0.717) is 10.6 Å². The molecule has 3 heteroatoms. The molecule has 120 valence electrons. The molecule has 0 radical (unpaired) electrons. The van der Waals surface area contributed by atoms with Crippen molar-refractivity contribution in [2.75, 3.05) is 5.32 Å². The predicted molar refractivity (Wildman–Crippen MR) is 98.2 cm³/mol. The molecular formula is C20H22ClNO. The van der Waals surface area contributed by atoms with Gasteiger partial charge in [0.05, 0.1) is 0 Å². The van der Waals surface area contributed by atoms with Gasteiger partial charge in [0.25, 0.3) is 0 Å². The molecule has 0 bridgehead atoms. The molecule has 0 atom stereocenters. The molecule has 23 heavy (non-hydrogen) atoms. The van der Waals surface area contributed by atoms with Gasteiger partial charge in [-0.15, -0.1) is 0 Å². The van der Waals surface area contributed by atoms with Crippen molar-refractivity contribution in [1.82, 2.24) is 0 Å². The number of allylic oxidation sites excluding steroid dienone is 1. The highest BCUT2D eigenvalue weighted by atomic mass is 35.5. The van der Waals surface area contributed by atoms with Crippen LogP contribution in [0.25, 0.3) is 0 Å². The summed E-state index contributed by atoms with van der Waals surface area (Å²) in [5.41, 5.74) is 2.89. The summed E-state index contributed by atoms with van der Waals surface area (Å²) >= 11 is 5.83. The molecule has 2 aromatic rings. The maximum Gasteiger partial charge on any atom is 0.187 e. The molecule has 0 saturated heterocycles. The molecule has 0 aliphatic rings. The maximum atomic E-state index is 12.1. The number of hydrogen-bond donors (Lipinski definition) is 1. The zero-order chi connectivity index (χ0) is 16.5. The zero-order valence-corrected chi connectivity index (χ0v) is 14.1. The third kappa shape index (κ3) is 5.91. The third-order valence-electron chi connectivity index (χ3n) is 3.64. The lowest BCUT2D eigenvalue weighted by Gasteiger charge is -2.02. The van der Waals surface area contributed by atoms with Crippen LogP contribution in [-0.4, -0.2) is 5.78 Å². The molecule has 0 amide bonds. The van der Waals surface area contributed by atoms with Crippen LogP contribution in [0.15, 0.2) is 60.8 Å². The van der Waals surface area contributed by atoms with Crippen LogP contribution in [0.2, 0.25) is 5.02 Å². The summed E-state index contributed by atoms with van der Waals surface area (Å²) in [6, 6.07) is 15.2. The van der Waals surface area contributed by atoms with E-state index in [9.17, 15) is 4.79 Å². The van der Waals surface area contributed by atoms with Gasteiger partial charge in [-0.1, -0.05) is 55.6 Å². The van der Waals surface area contributed by atoms with E-state index in [4.69, 9.17) is 11.6 Å². The Labute approximate surface area is 143 Å². The number of aryl methyl sites for hydroxylation is 1. The molecule has 0 aromatic heterocycles. The van der Waals surface area contributed by atoms with Gasteiger partial charge in [-0.3, -0.25) is 4.79 Å². The van der Waals surface area contributed by atoms with Crippen LogP contribution in [0, 0.1) is 0 Å². The van der Waals surface area contributed by atoms with Crippen LogP contribution in [0.3, 0.4) is 0 Å². The average Bonchev–Trinajstić information content (AvgIpc) is 2.57. The average molecular weight is 328 g/mol. The Morgan fingerprint density at radius 2 is 1.74 bits per heavy atom. The molecule has 2 nitrogen and oxygen atoms in total. The molecule has 2 aromatic carbocycles. The highest BCUT2D eigenvalue weighted by Crippen LogP contribution is 2.13. The summed E-state index contributed by atoms with van der Waals surface area (Å²) in [6.45, 7) is 2.20. The van der Waals surface area contributed by atoms with Crippen LogP contribution in [-0.2, 0) is 6.42 Å². The van der Waals surface area contributed by atoms with Gasteiger partial charge in [0.15, 0.2) is 5.78 Å². The van der Waals surface area contributed by atoms with Crippen molar-refractivity contribution >= 4 is 23.1 Å². The zero-order valence-electron chi connectivity index (χ0n) is 13.4. The van der Waals surface area contributed by atoms with Gasteiger partial charge >= 0.3 is 0 Å². The van der Waals surface area contributed by atoms with Crippen LogP contribution in [0.5, 0.6) is 0 Å². The van der Waals surface area contributed by atoms with E-state index in [2.05, 4.69) is 12.2 Å². The molecule has 0 unspecified atom stereocenters. The smallest absolute Gasteiger partial charge is 0.187 e. The van der Waals surface area contributed by atoms with Crippen molar-refractivity contribution in [3.05, 3.63) is 77.0 Å². The van der Waals surface area contributed by atoms with Crippen molar-refractivity contribution in [2.24, 2.45) is 0 Å². The number of ketones is 1. The fraction of sp³-hybridized carbons (Fsp3) is 0.250. The second-order valence-electron chi connectivity index (χ2n) is 5.50. The summed E-state index contributed by atoms with van der Waals surface area (Å²) in [7, 11) is 0. The minimum atomic E-state index is -0.00780. The monoisotopic (exact) mass is 327 g/mol. The number of carbonyl (C=O) groups excluding carboxylic acids is 1. The Morgan fingerprint density at radius 1 is 1.04 bits per heavy atom. The van der Waals surface area contributed by atoms with E-state index in [0.717, 1.165) is 12.1 Å². The van der Waals surface area contributed by atoms with Gasteiger partial charge in [-0.2, -0.15) is 0 Å². The second-order valence-corrected chi connectivity index (χ2v) is 5.94. The van der Waals surface area contributed by atoms with Gasteiger partial charge in [0.1, 0.15) is 0 Å². The fourth-order valence-corrected chi connectivity index (χ4v) is 2.40. The number of rotatable bonds is 8. The van der Waals surface area contributed by atoms with Crippen molar-refractivity contribution in [1.29, 1.82) is 0 Å². The van der Waals surface area contributed by atoms with E-state index in [1.54, 1.807) is 24.4 Å². The fourth-order valence-electron chi connectivity index (χ4n) is 2.27. The SMILES string of the molecule is CCCCCc1ccc(C(=O)/C=C/Nc2ccc(Cl)cc2)cc1. The quantitative estimate of drug-likeness (QED) is 0.372. The first-order chi connectivity index (χ1) is 11.2. The summed E-state index contributed by atoms with van der Waals surface area (Å²) in [6.07, 6.45) is 7.95. The molecule has 0 aliphatic heterocycles. The highest BCUT2D eigenvalue weighted by molar-refractivity contribution is 6.30. The lowest BCUT2D eigenvalue weighted by Crippen LogP contribution is -1.97. The standard InChI is InChI=1S/C20H22ClNO/c1-2-3-4-5-16-6-8-17(9-7-16)20(23)14-15-22-19-12-10-18(21)11-13-19/h6-15,22H,2-5H2,1H3/b15-14+. The van der Waals surface area contributed by atoms with Crippen LogP contribution < -0.4 is 5.32 Å². The van der Waals surface area contributed by atoms with Gasteiger partial charge in [0, 0.05) is 28.5 Å². The third-order valence-corrected chi connectivity index (χ3v) is 3.89. The number of halogens is 1. The number of hydrogen-bond acceptors (Lipinski definition) is 2. The van der Waals surface area contributed by atoms with Crippen LogP contribution in [0.1, 0.15) is 42.1 Å². The van der Waals surface area contributed by atoms with Crippen molar-refractivity contribution in [2.45, 2.75) is 32.6 Å². The predicted octanol–water partition coefficient (Wildman–Crippen LogP) is 5.88. The summed E-state index contributed by atoms with van der Waals surface area (Å²) < 4.78 is 0. The van der Waals surface area contributed by atoms with E-state index >= 15 is 0 Å². The maximum absolute atomic E-state index is 12.1. The van der Waals surface area contributed by atoms with Crippen LogP contribution in [0.4, 0.5) is 5.69 Å². The Kier molecular flexibility index (Phi) is 6.89. The van der Waals surface area contributed by atoms with E-state index in [-0.39, 0.29) is 5.78 Å². The molecule has 0 fully saturated rings. The lowest BCUT2D eigenvalue weighted by molar-refractivity contribution is 0.104. The van der Waals surface area contributed by atoms with Crippen molar-refractivity contribution in [3.63, 3.8) is 0 Å². The molecule has 0 saturated carbocycles. The van der Waals surface area contributed by atoms with E-state index in [1.807, 2.05) is 36.4 Å². The summed E-state index contributed by atoms with van der Waals surface area (Å²) in [4.78, 5) is 12.1. The van der Waals surface area contributed by atoms with E-state index < -0.39 is 0 Å². The second kappa shape index (κ2) is 9.16. The Morgan fingerprint density at radius 3 is 2.39 bits per heavy atom. The van der Waals surface area contributed by atoms with Gasteiger partial charge in [-0.05, 0) is 42.7 Å². The number of anilines is 1. The number of benzene rings is 2. The Bertz CT molecular complexity index is 644. The molecule has 0 spiro atoms. The van der Waals surface area contributed by atoms with Crippen molar-refractivity contribution in [3.8, 4) is 0 Å². The first-order valence-electron chi connectivity index (χ1n) is 8.01. The van der Waals surface area contributed by atoms with Crippen LogP contribution >= 0.6 is 11.6 Å². The first-order valence-corrected chi connectivity index (χ1v) is 8.39. The molecule has 0 heterocycles. The van der Waals surface area contributed by atoms with Gasteiger partial charge in [-0.25, -0.2) is 0 Å². The summed E-state index contributed by atoms with van der Waals surface area (Å²) in [5.74, 6) is -0.00780. The minimum Gasteiger partial charge on any atom is -0.362 e. The molecule has 0 aliphatic carbocycles. The Hall–Kier alpha value is -2.06. The highest BCUT2D eigenvalue weighted by Gasteiger charge is 2.01. The Balaban J connectivity index is 1.87. The van der Waals surface area contributed by atoms with E-state index in [1.165, 1.54) is 24.8 Å². The largest absolute Gasteiger partial charge is 0.362 e. The molecular weight excluding hydrogens is 306 g/mol. The molecule has 1 N–H and O–H groups in total. The lowest BCUT2D eigenvalue weighted by atomic mass is 10.0. The summed E-state index contributed by atoms with van der Waals surface area (Å²) in [5, 5.41) is 3.75. The normalized spacial score (nSPS) is 10.9. The number of nitrogens with one attached hydrogen (secondary N) is 1. The minimum absolute atomic E-state index is 0.00780. The first kappa shape index (κ1) is 17.3.